The van der Waals surface area contributed by atoms with Gasteiger partial charge in [-0.2, -0.15) is 0 Å². The first-order valence-corrected chi connectivity index (χ1v) is 6.12. The van der Waals surface area contributed by atoms with E-state index in [0.717, 1.165) is 12.1 Å². The lowest BCUT2D eigenvalue weighted by Crippen LogP contribution is -2.38. The summed E-state index contributed by atoms with van der Waals surface area (Å²) < 4.78 is 0. The number of carboxylic acid groups (broad SMARTS) is 1. The fourth-order valence-corrected chi connectivity index (χ4v) is 2.40. The zero-order valence-corrected chi connectivity index (χ0v) is 10.3. The monoisotopic (exact) mass is 247 g/mol. The molecular formula is C14H17NO3. The largest absolute Gasteiger partial charge is 0.481 e. The third kappa shape index (κ3) is 2.76. The summed E-state index contributed by atoms with van der Waals surface area (Å²) in [5.41, 5.74) is 1.73. The number of rotatable bonds is 3. The minimum absolute atomic E-state index is 0.0374. The highest BCUT2D eigenvalue weighted by Crippen LogP contribution is 2.27. The minimum atomic E-state index is -0.755. The zero-order valence-electron chi connectivity index (χ0n) is 10.3. The molecule has 0 saturated carbocycles. The first-order valence-electron chi connectivity index (χ1n) is 6.12. The molecule has 0 amide bonds. The summed E-state index contributed by atoms with van der Waals surface area (Å²) in [5.74, 6) is -0.894. The summed E-state index contributed by atoms with van der Waals surface area (Å²) in [6.07, 6.45) is 0.629. The molecule has 2 atom stereocenters. The second-order valence-electron chi connectivity index (χ2n) is 4.81. The summed E-state index contributed by atoms with van der Waals surface area (Å²) in [7, 11) is 0. The van der Waals surface area contributed by atoms with Crippen molar-refractivity contribution in [3.05, 3.63) is 35.4 Å². The molecule has 0 aliphatic carbocycles. The van der Waals surface area contributed by atoms with Gasteiger partial charge in [0.2, 0.25) is 0 Å². The van der Waals surface area contributed by atoms with Gasteiger partial charge in [-0.3, -0.25) is 9.59 Å². The number of nitrogens with one attached hydrogen (secondary N) is 1. The summed E-state index contributed by atoms with van der Waals surface area (Å²) in [6.45, 7) is 2.83. The molecule has 0 bridgehead atoms. The van der Waals surface area contributed by atoms with Crippen molar-refractivity contribution in [1.29, 1.82) is 0 Å². The van der Waals surface area contributed by atoms with Crippen molar-refractivity contribution in [3.8, 4) is 0 Å². The third-order valence-electron chi connectivity index (χ3n) is 3.46. The van der Waals surface area contributed by atoms with Gasteiger partial charge in [0.25, 0.3) is 0 Å². The first-order chi connectivity index (χ1) is 8.58. The Morgan fingerprint density at radius 2 is 2.11 bits per heavy atom. The number of benzene rings is 1. The Bertz CT molecular complexity index is 470. The van der Waals surface area contributed by atoms with Crippen molar-refractivity contribution in [2.75, 3.05) is 13.1 Å². The molecule has 2 rings (SSSR count). The van der Waals surface area contributed by atoms with Crippen LogP contribution in [0.2, 0.25) is 0 Å². The van der Waals surface area contributed by atoms with Crippen LogP contribution in [0.3, 0.4) is 0 Å². The Kier molecular flexibility index (Phi) is 3.77. The van der Waals surface area contributed by atoms with E-state index >= 15 is 0 Å². The van der Waals surface area contributed by atoms with Crippen LogP contribution < -0.4 is 5.32 Å². The van der Waals surface area contributed by atoms with E-state index in [1.807, 2.05) is 18.2 Å². The molecule has 18 heavy (non-hydrogen) atoms. The number of aliphatic carboxylic acids is 1. The molecule has 1 heterocycles. The molecule has 1 aliphatic heterocycles. The maximum absolute atomic E-state index is 11.3. The topological polar surface area (TPSA) is 66.4 Å². The molecular weight excluding hydrogens is 230 g/mol. The molecule has 4 heteroatoms. The summed E-state index contributed by atoms with van der Waals surface area (Å²) in [6, 6.07) is 7.48. The second kappa shape index (κ2) is 5.31. The van der Waals surface area contributed by atoms with Gasteiger partial charge in [-0.1, -0.05) is 18.2 Å². The molecule has 4 nitrogen and oxygen atoms in total. The number of carbonyl (C=O) groups excluding carboxylic acids is 1. The van der Waals surface area contributed by atoms with E-state index in [1.54, 1.807) is 6.07 Å². The van der Waals surface area contributed by atoms with E-state index in [-0.39, 0.29) is 17.6 Å². The first kappa shape index (κ1) is 12.8. The molecule has 2 unspecified atom stereocenters. The Morgan fingerprint density at radius 1 is 1.33 bits per heavy atom. The van der Waals surface area contributed by atoms with Gasteiger partial charge >= 0.3 is 5.97 Å². The van der Waals surface area contributed by atoms with Crippen LogP contribution in [-0.2, 0) is 4.79 Å². The molecule has 1 fully saturated rings. The predicted molar refractivity (Wildman–Crippen MR) is 67.8 cm³/mol. The van der Waals surface area contributed by atoms with Crippen LogP contribution in [0.1, 0.15) is 35.2 Å². The molecule has 1 saturated heterocycles. The quantitative estimate of drug-likeness (QED) is 0.797. The SMILES string of the molecule is CC(=O)c1cccc(C2CNCC(C(=O)O)C2)c1. The smallest absolute Gasteiger partial charge is 0.307 e. The van der Waals surface area contributed by atoms with Crippen molar-refractivity contribution < 1.29 is 14.7 Å². The van der Waals surface area contributed by atoms with Crippen molar-refractivity contribution >= 4 is 11.8 Å². The molecule has 1 aliphatic rings. The lowest BCUT2D eigenvalue weighted by atomic mass is 9.85. The van der Waals surface area contributed by atoms with Crippen LogP contribution in [0.15, 0.2) is 24.3 Å². The molecule has 0 aromatic heterocycles. The minimum Gasteiger partial charge on any atom is -0.481 e. The van der Waals surface area contributed by atoms with Gasteiger partial charge in [-0.25, -0.2) is 0 Å². The maximum atomic E-state index is 11.3. The van der Waals surface area contributed by atoms with Gasteiger partial charge in [0.1, 0.15) is 0 Å². The molecule has 1 aromatic carbocycles. The van der Waals surface area contributed by atoms with E-state index in [4.69, 9.17) is 5.11 Å². The number of piperidine rings is 1. The van der Waals surface area contributed by atoms with Crippen LogP contribution in [0.25, 0.3) is 0 Å². The molecule has 2 N–H and O–H groups in total. The molecule has 0 radical (unpaired) electrons. The number of hydrogen-bond donors (Lipinski definition) is 2. The van der Waals surface area contributed by atoms with Crippen molar-refractivity contribution in [2.45, 2.75) is 19.3 Å². The van der Waals surface area contributed by atoms with Gasteiger partial charge < -0.3 is 10.4 Å². The van der Waals surface area contributed by atoms with E-state index in [0.29, 0.717) is 18.5 Å². The number of carbonyl (C=O) groups is 2. The Balaban J connectivity index is 2.18. The van der Waals surface area contributed by atoms with E-state index in [1.165, 1.54) is 6.92 Å². The standard InChI is InChI=1S/C14H17NO3/c1-9(16)10-3-2-4-11(5-10)12-6-13(14(17)18)8-15-7-12/h2-5,12-13,15H,6-8H2,1H3,(H,17,18). The Hall–Kier alpha value is -1.68. The van der Waals surface area contributed by atoms with Crippen LogP contribution in [0.5, 0.6) is 0 Å². The molecule has 96 valence electrons. The Labute approximate surface area is 106 Å². The van der Waals surface area contributed by atoms with Crippen LogP contribution >= 0.6 is 0 Å². The van der Waals surface area contributed by atoms with Crippen LogP contribution in [-0.4, -0.2) is 29.9 Å². The summed E-state index contributed by atoms with van der Waals surface area (Å²) >= 11 is 0. The summed E-state index contributed by atoms with van der Waals surface area (Å²) in [4.78, 5) is 22.4. The molecule has 1 aromatic rings. The average Bonchev–Trinajstić information content (AvgIpc) is 2.39. The third-order valence-corrected chi connectivity index (χ3v) is 3.46. The van der Waals surface area contributed by atoms with Crippen molar-refractivity contribution in [3.63, 3.8) is 0 Å². The highest BCUT2D eigenvalue weighted by molar-refractivity contribution is 5.94. The van der Waals surface area contributed by atoms with Crippen LogP contribution in [0.4, 0.5) is 0 Å². The average molecular weight is 247 g/mol. The predicted octanol–water partition coefficient (Wildman–Crippen LogP) is 1.67. The lowest BCUT2D eigenvalue weighted by Gasteiger charge is -2.28. The zero-order chi connectivity index (χ0) is 13.1. The number of ketones is 1. The fraction of sp³-hybridized carbons (Fsp3) is 0.429. The van der Waals surface area contributed by atoms with E-state index in [2.05, 4.69) is 5.32 Å². The highest BCUT2D eigenvalue weighted by Gasteiger charge is 2.27. The highest BCUT2D eigenvalue weighted by atomic mass is 16.4. The van der Waals surface area contributed by atoms with E-state index in [9.17, 15) is 9.59 Å². The van der Waals surface area contributed by atoms with Crippen LogP contribution in [0, 0.1) is 5.92 Å². The van der Waals surface area contributed by atoms with Crippen molar-refractivity contribution in [1.82, 2.24) is 5.32 Å². The Morgan fingerprint density at radius 3 is 2.78 bits per heavy atom. The number of carboxylic acids is 1. The second-order valence-corrected chi connectivity index (χ2v) is 4.81. The number of Topliss-reactive ketones (excluding diaryl/α,β-unsaturated/α-hetero) is 1. The van der Waals surface area contributed by atoms with Gasteiger partial charge in [-0.05, 0) is 30.9 Å². The van der Waals surface area contributed by atoms with E-state index < -0.39 is 5.97 Å². The van der Waals surface area contributed by atoms with Crippen molar-refractivity contribution in [2.24, 2.45) is 5.92 Å². The van der Waals surface area contributed by atoms with Gasteiger partial charge in [0.05, 0.1) is 5.92 Å². The number of hydrogen-bond acceptors (Lipinski definition) is 3. The van der Waals surface area contributed by atoms with Gasteiger partial charge in [0, 0.05) is 18.7 Å². The van der Waals surface area contributed by atoms with Gasteiger partial charge in [-0.15, -0.1) is 0 Å². The maximum Gasteiger partial charge on any atom is 0.307 e. The summed E-state index contributed by atoms with van der Waals surface area (Å²) in [5, 5.41) is 12.2. The normalized spacial score (nSPS) is 23.6. The molecule has 0 spiro atoms. The lowest BCUT2D eigenvalue weighted by molar-refractivity contribution is -0.142. The van der Waals surface area contributed by atoms with Gasteiger partial charge in [0.15, 0.2) is 5.78 Å². The fourth-order valence-electron chi connectivity index (χ4n) is 2.40.